The van der Waals surface area contributed by atoms with Crippen molar-refractivity contribution in [2.45, 2.75) is 52.5 Å². The number of fused-ring (bicyclic) bond motifs is 1. The van der Waals surface area contributed by atoms with Crippen molar-refractivity contribution in [3.8, 4) is 0 Å². The Balaban J connectivity index is 1.96. The molecule has 5 heteroatoms. The van der Waals surface area contributed by atoms with Gasteiger partial charge in [-0.15, -0.1) is 0 Å². The fraction of sp³-hybridized carbons (Fsp3) is 0.667. The van der Waals surface area contributed by atoms with Gasteiger partial charge in [-0.05, 0) is 32.6 Å². The predicted octanol–water partition coefficient (Wildman–Crippen LogP) is 3.15. The van der Waals surface area contributed by atoms with Crippen LogP contribution >= 0.6 is 0 Å². The molecule has 20 heavy (non-hydrogen) atoms. The third-order valence-corrected chi connectivity index (χ3v) is 4.11. The Morgan fingerprint density at radius 2 is 2.05 bits per heavy atom. The van der Waals surface area contributed by atoms with Crippen LogP contribution in [0.15, 0.2) is 6.20 Å². The lowest BCUT2D eigenvalue weighted by atomic mass is 9.89. The van der Waals surface area contributed by atoms with Gasteiger partial charge in [-0.2, -0.15) is 0 Å². The Morgan fingerprint density at radius 1 is 1.25 bits per heavy atom. The molecule has 1 saturated carbocycles. The SMILES string of the molecule is CCNc1nc2cnc(C)nc2n1CC1CCCCC1. The molecule has 0 unspecified atom stereocenters. The Morgan fingerprint density at radius 3 is 2.80 bits per heavy atom. The van der Waals surface area contributed by atoms with Crippen LogP contribution in [0.25, 0.3) is 11.2 Å². The standard InChI is InChI=1S/C15H23N5/c1-3-16-15-19-13-9-17-11(2)18-14(13)20(15)10-12-7-5-4-6-8-12/h9,12H,3-8,10H2,1-2H3,(H,16,19). The van der Waals surface area contributed by atoms with E-state index >= 15 is 0 Å². The Bertz CT molecular complexity index is 583. The van der Waals surface area contributed by atoms with E-state index in [2.05, 4.69) is 31.8 Å². The minimum atomic E-state index is 0.758. The molecular weight excluding hydrogens is 250 g/mol. The molecule has 0 amide bonds. The molecular formula is C15H23N5. The number of imidazole rings is 1. The molecule has 0 radical (unpaired) electrons. The third kappa shape index (κ3) is 2.62. The Kier molecular flexibility index (Phi) is 3.85. The minimum absolute atomic E-state index is 0.758. The second kappa shape index (κ2) is 5.77. The molecule has 5 nitrogen and oxygen atoms in total. The smallest absolute Gasteiger partial charge is 0.205 e. The lowest BCUT2D eigenvalue weighted by molar-refractivity contribution is 0.323. The summed E-state index contributed by atoms with van der Waals surface area (Å²) in [6.07, 6.45) is 8.60. The Hall–Kier alpha value is -1.65. The van der Waals surface area contributed by atoms with Crippen molar-refractivity contribution in [1.82, 2.24) is 19.5 Å². The number of hydrogen-bond donors (Lipinski definition) is 1. The van der Waals surface area contributed by atoms with Crippen LogP contribution < -0.4 is 5.32 Å². The molecule has 0 bridgehead atoms. The largest absolute Gasteiger partial charge is 0.356 e. The molecule has 1 fully saturated rings. The second-order valence-electron chi connectivity index (χ2n) is 5.71. The van der Waals surface area contributed by atoms with E-state index in [1.807, 2.05) is 13.1 Å². The van der Waals surface area contributed by atoms with E-state index in [1.165, 1.54) is 32.1 Å². The van der Waals surface area contributed by atoms with Crippen LogP contribution in [0.1, 0.15) is 44.9 Å². The van der Waals surface area contributed by atoms with E-state index in [-0.39, 0.29) is 0 Å². The minimum Gasteiger partial charge on any atom is -0.356 e. The lowest BCUT2D eigenvalue weighted by Crippen LogP contribution is -2.16. The summed E-state index contributed by atoms with van der Waals surface area (Å²) in [7, 11) is 0. The zero-order valence-corrected chi connectivity index (χ0v) is 12.4. The number of nitrogens with one attached hydrogen (secondary N) is 1. The van der Waals surface area contributed by atoms with Crippen molar-refractivity contribution in [3.05, 3.63) is 12.0 Å². The second-order valence-corrected chi connectivity index (χ2v) is 5.71. The van der Waals surface area contributed by atoms with Crippen molar-refractivity contribution in [1.29, 1.82) is 0 Å². The maximum Gasteiger partial charge on any atom is 0.205 e. The van der Waals surface area contributed by atoms with E-state index in [9.17, 15) is 0 Å². The molecule has 1 aliphatic rings. The number of aromatic nitrogens is 4. The maximum absolute atomic E-state index is 4.64. The van der Waals surface area contributed by atoms with Crippen LogP contribution in [-0.4, -0.2) is 26.1 Å². The number of nitrogens with zero attached hydrogens (tertiary/aromatic N) is 4. The fourth-order valence-corrected chi connectivity index (χ4v) is 3.10. The highest BCUT2D eigenvalue weighted by Gasteiger charge is 2.18. The summed E-state index contributed by atoms with van der Waals surface area (Å²) in [5.41, 5.74) is 1.86. The van der Waals surface area contributed by atoms with Crippen LogP contribution in [0, 0.1) is 12.8 Å². The van der Waals surface area contributed by atoms with Gasteiger partial charge >= 0.3 is 0 Å². The summed E-state index contributed by atoms with van der Waals surface area (Å²) in [5, 5.41) is 3.36. The summed E-state index contributed by atoms with van der Waals surface area (Å²) >= 11 is 0. The summed E-state index contributed by atoms with van der Waals surface area (Å²) in [4.78, 5) is 13.5. The van der Waals surface area contributed by atoms with Crippen LogP contribution in [0.4, 0.5) is 5.95 Å². The van der Waals surface area contributed by atoms with Gasteiger partial charge in [0.25, 0.3) is 0 Å². The van der Waals surface area contributed by atoms with E-state index in [0.717, 1.165) is 41.9 Å². The first-order valence-corrected chi connectivity index (χ1v) is 7.71. The van der Waals surface area contributed by atoms with Gasteiger partial charge in [-0.1, -0.05) is 19.3 Å². The molecule has 0 atom stereocenters. The summed E-state index contributed by atoms with van der Waals surface area (Å²) in [6.45, 7) is 5.93. The highest BCUT2D eigenvalue weighted by molar-refractivity contribution is 5.73. The molecule has 2 heterocycles. The van der Waals surface area contributed by atoms with E-state index < -0.39 is 0 Å². The van der Waals surface area contributed by atoms with Gasteiger partial charge < -0.3 is 5.32 Å². The highest BCUT2D eigenvalue weighted by atomic mass is 15.2. The number of aryl methyl sites for hydroxylation is 1. The normalized spacial score (nSPS) is 16.7. The van der Waals surface area contributed by atoms with Gasteiger partial charge in [0.2, 0.25) is 5.95 Å². The first-order valence-electron chi connectivity index (χ1n) is 7.71. The molecule has 3 rings (SSSR count). The predicted molar refractivity (Wildman–Crippen MR) is 80.8 cm³/mol. The molecule has 0 aliphatic heterocycles. The highest BCUT2D eigenvalue weighted by Crippen LogP contribution is 2.28. The molecule has 0 saturated heterocycles. The van der Waals surface area contributed by atoms with Gasteiger partial charge in [-0.3, -0.25) is 4.57 Å². The quantitative estimate of drug-likeness (QED) is 0.929. The van der Waals surface area contributed by atoms with Gasteiger partial charge in [0, 0.05) is 13.1 Å². The maximum atomic E-state index is 4.64. The van der Waals surface area contributed by atoms with E-state index in [4.69, 9.17) is 0 Å². The molecule has 1 N–H and O–H groups in total. The molecule has 108 valence electrons. The summed E-state index contributed by atoms with van der Waals surface area (Å²) < 4.78 is 2.25. The van der Waals surface area contributed by atoms with E-state index in [1.54, 1.807) is 0 Å². The topological polar surface area (TPSA) is 55.6 Å². The van der Waals surface area contributed by atoms with Crippen molar-refractivity contribution < 1.29 is 0 Å². The molecule has 2 aromatic heterocycles. The molecule has 2 aromatic rings. The van der Waals surface area contributed by atoms with Crippen LogP contribution in [0.2, 0.25) is 0 Å². The number of anilines is 1. The van der Waals surface area contributed by atoms with Crippen molar-refractivity contribution in [2.24, 2.45) is 5.92 Å². The first kappa shape index (κ1) is 13.3. The van der Waals surface area contributed by atoms with Gasteiger partial charge in [0.1, 0.15) is 11.3 Å². The molecule has 0 aromatic carbocycles. The number of hydrogen-bond acceptors (Lipinski definition) is 4. The zero-order chi connectivity index (χ0) is 13.9. The lowest BCUT2D eigenvalue weighted by Gasteiger charge is -2.23. The monoisotopic (exact) mass is 273 g/mol. The first-order chi connectivity index (χ1) is 9.78. The van der Waals surface area contributed by atoms with Gasteiger partial charge in [-0.25, -0.2) is 15.0 Å². The number of rotatable bonds is 4. The molecule has 0 spiro atoms. The fourth-order valence-electron chi connectivity index (χ4n) is 3.10. The van der Waals surface area contributed by atoms with Crippen LogP contribution in [0.5, 0.6) is 0 Å². The van der Waals surface area contributed by atoms with Crippen LogP contribution in [-0.2, 0) is 6.54 Å². The average Bonchev–Trinajstić information content (AvgIpc) is 2.78. The zero-order valence-electron chi connectivity index (χ0n) is 12.4. The third-order valence-electron chi connectivity index (χ3n) is 4.11. The van der Waals surface area contributed by atoms with Gasteiger partial charge in [0.05, 0.1) is 6.20 Å². The Labute approximate surface area is 119 Å². The van der Waals surface area contributed by atoms with Crippen molar-refractivity contribution in [2.75, 3.05) is 11.9 Å². The molecule has 1 aliphatic carbocycles. The van der Waals surface area contributed by atoms with Gasteiger partial charge in [0.15, 0.2) is 5.65 Å². The van der Waals surface area contributed by atoms with E-state index in [0.29, 0.717) is 0 Å². The average molecular weight is 273 g/mol. The van der Waals surface area contributed by atoms with Crippen molar-refractivity contribution >= 4 is 17.1 Å². The summed E-state index contributed by atoms with van der Waals surface area (Å²) in [6, 6.07) is 0. The van der Waals surface area contributed by atoms with Crippen LogP contribution in [0.3, 0.4) is 0 Å². The van der Waals surface area contributed by atoms with Crippen molar-refractivity contribution in [3.63, 3.8) is 0 Å². The summed E-state index contributed by atoms with van der Waals surface area (Å²) in [5.74, 6) is 2.51.